The molecular formula is C15H26N+. The Kier molecular flexibility index (Phi) is 5.01. The van der Waals surface area contributed by atoms with Gasteiger partial charge in [0.05, 0.1) is 21.1 Å². The predicted octanol–water partition coefficient (Wildman–Crippen LogP) is 3.63. The average molecular weight is 220 g/mol. The summed E-state index contributed by atoms with van der Waals surface area (Å²) < 4.78 is 1.00. The predicted molar refractivity (Wildman–Crippen MR) is 71.4 cm³/mol. The lowest BCUT2D eigenvalue weighted by Crippen LogP contribution is -2.33. The van der Waals surface area contributed by atoms with Crippen LogP contribution in [0.3, 0.4) is 0 Å². The van der Waals surface area contributed by atoms with Crippen molar-refractivity contribution in [1.82, 2.24) is 0 Å². The van der Waals surface area contributed by atoms with Gasteiger partial charge in [0.1, 0.15) is 6.54 Å². The summed E-state index contributed by atoms with van der Waals surface area (Å²) in [7, 11) is 6.76. The second-order valence-corrected chi connectivity index (χ2v) is 5.67. The van der Waals surface area contributed by atoms with Crippen molar-refractivity contribution in [3.05, 3.63) is 35.4 Å². The molecule has 0 aliphatic rings. The molecule has 0 saturated heterocycles. The summed E-state index contributed by atoms with van der Waals surface area (Å²) in [5, 5.41) is 0. The van der Waals surface area contributed by atoms with Gasteiger partial charge in [0.2, 0.25) is 0 Å². The molecule has 0 atom stereocenters. The maximum atomic E-state index is 2.29. The van der Waals surface area contributed by atoms with Crippen LogP contribution in [-0.4, -0.2) is 25.6 Å². The molecule has 1 aromatic rings. The maximum absolute atomic E-state index is 2.29. The quantitative estimate of drug-likeness (QED) is 0.507. The van der Waals surface area contributed by atoms with Gasteiger partial charge in [-0.3, -0.25) is 0 Å². The van der Waals surface area contributed by atoms with Crippen molar-refractivity contribution in [1.29, 1.82) is 0 Å². The Balaban J connectivity index is 2.68. The number of unbranched alkanes of at least 4 members (excludes halogenated alkanes) is 2. The molecule has 0 aliphatic heterocycles. The lowest BCUT2D eigenvalue weighted by molar-refractivity contribution is -0.884. The van der Waals surface area contributed by atoms with E-state index in [1.807, 2.05) is 0 Å². The zero-order valence-electron chi connectivity index (χ0n) is 11.3. The van der Waals surface area contributed by atoms with Crippen LogP contribution in [0, 0.1) is 0 Å². The van der Waals surface area contributed by atoms with Crippen molar-refractivity contribution >= 4 is 0 Å². The molecule has 0 saturated carbocycles. The van der Waals surface area contributed by atoms with Gasteiger partial charge in [-0.2, -0.15) is 0 Å². The van der Waals surface area contributed by atoms with Crippen molar-refractivity contribution in [3.8, 4) is 0 Å². The monoisotopic (exact) mass is 220 g/mol. The Labute approximate surface area is 101 Å². The first kappa shape index (κ1) is 13.2. The molecule has 0 spiro atoms. The molecule has 0 fully saturated rings. The number of hydrogen-bond acceptors (Lipinski definition) is 0. The lowest BCUT2D eigenvalue weighted by Gasteiger charge is -2.25. The van der Waals surface area contributed by atoms with Gasteiger partial charge in [0.25, 0.3) is 0 Å². The number of quaternary nitrogens is 1. The highest BCUT2D eigenvalue weighted by atomic mass is 15.3. The topological polar surface area (TPSA) is 0 Å². The molecule has 16 heavy (non-hydrogen) atoms. The molecule has 0 aromatic heterocycles. The summed E-state index contributed by atoms with van der Waals surface area (Å²) in [5.74, 6) is 0. The standard InChI is InChI=1S/C15H26N/c1-5-6-7-10-14-11-8-9-12-15(14)13-16(2,3)4/h8-9,11-12H,5-7,10,13H2,1-4H3/q+1. The Morgan fingerprint density at radius 3 is 2.12 bits per heavy atom. The fourth-order valence-corrected chi connectivity index (χ4v) is 2.03. The van der Waals surface area contributed by atoms with E-state index in [0.717, 1.165) is 11.0 Å². The molecule has 0 N–H and O–H groups in total. The van der Waals surface area contributed by atoms with E-state index >= 15 is 0 Å². The van der Waals surface area contributed by atoms with Crippen molar-refractivity contribution in [2.45, 2.75) is 39.2 Å². The number of rotatable bonds is 6. The Hall–Kier alpha value is -0.820. The fraction of sp³-hybridized carbons (Fsp3) is 0.600. The van der Waals surface area contributed by atoms with Gasteiger partial charge in [-0.05, 0) is 18.4 Å². The summed E-state index contributed by atoms with van der Waals surface area (Å²) >= 11 is 0. The second kappa shape index (κ2) is 6.05. The largest absolute Gasteiger partial charge is 0.327 e. The zero-order valence-corrected chi connectivity index (χ0v) is 11.3. The summed E-state index contributed by atoms with van der Waals surface area (Å²) in [6.07, 6.45) is 5.21. The molecule has 0 radical (unpaired) electrons. The molecule has 1 nitrogen and oxygen atoms in total. The second-order valence-electron chi connectivity index (χ2n) is 5.67. The molecule has 90 valence electrons. The Morgan fingerprint density at radius 2 is 1.56 bits per heavy atom. The zero-order chi connectivity index (χ0) is 12.0. The fourth-order valence-electron chi connectivity index (χ4n) is 2.03. The van der Waals surface area contributed by atoms with Gasteiger partial charge in [-0.25, -0.2) is 0 Å². The molecular weight excluding hydrogens is 194 g/mol. The van der Waals surface area contributed by atoms with E-state index in [-0.39, 0.29) is 0 Å². The number of hydrogen-bond donors (Lipinski definition) is 0. The maximum Gasteiger partial charge on any atom is 0.104 e. The first-order valence-electron chi connectivity index (χ1n) is 6.40. The summed E-state index contributed by atoms with van der Waals surface area (Å²) in [4.78, 5) is 0. The third kappa shape index (κ3) is 4.80. The molecule has 0 unspecified atom stereocenters. The number of nitrogens with zero attached hydrogens (tertiary/aromatic N) is 1. The van der Waals surface area contributed by atoms with E-state index < -0.39 is 0 Å². The van der Waals surface area contributed by atoms with Gasteiger partial charge >= 0.3 is 0 Å². The van der Waals surface area contributed by atoms with Gasteiger partial charge in [-0.15, -0.1) is 0 Å². The molecule has 1 heteroatoms. The smallest absolute Gasteiger partial charge is 0.104 e. The normalized spacial score (nSPS) is 11.8. The first-order valence-corrected chi connectivity index (χ1v) is 6.40. The van der Waals surface area contributed by atoms with Crippen LogP contribution in [0.2, 0.25) is 0 Å². The molecule has 0 bridgehead atoms. The van der Waals surface area contributed by atoms with Crippen LogP contribution in [0.25, 0.3) is 0 Å². The third-order valence-electron chi connectivity index (χ3n) is 2.81. The van der Waals surface area contributed by atoms with Crippen LogP contribution in [0.15, 0.2) is 24.3 Å². The highest BCUT2D eigenvalue weighted by molar-refractivity contribution is 5.26. The van der Waals surface area contributed by atoms with E-state index in [4.69, 9.17) is 0 Å². The molecule has 1 rings (SSSR count). The molecule has 0 aliphatic carbocycles. The Morgan fingerprint density at radius 1 is 0.938 bits per heavy atom. The van der Waals surface area contributed by atoms with Crippen LogP contribution in [0.4, 0.5) is 0 Å². The highest BCUT2D eigenvalue weighted by Gasteiger charge is 2.11. The SMILES string of the molecule is CCCCCc1ccccc1C[N+](C)(C)C. The van der Waals surface area contributed by atoms with E-state index in [2.05, 4.69) is 52.3 Å². The third-order valence-corrected chi connectivity index (χ3v) is 2.81. The number of benzene rings is 1. The minimum absolute atomic E-state index is 1.00. The average Bonchev–Trinajstić information content (AvgIpc) is 2.19. The van der Waals surface area contributed by atoms with Crippen LogP contribution < -0.4 is 0 Å². The van der Waals surface area contributed by atoms with Gasteiger partial charge in [0, 0.05) is 5.56 Å². The van der Waals surface area contributed by atoms with Crippen LogP contribution in [-0.2, 0) is 13.0 Å². The van der Waals surface area contributed by atoms with Gasteiger partial charge in [-0.1, -0.05) is 44.0 Å². The molecule has 1 aromatic carbocycles. The van der Waals surface area contributed by atoms with Crippen LogP contribution in [0.5, 0.6) is 0 Å². The first-order chi connectivity index (χ1) is 7.53. The van der Waals surface area contributed by atoms with Crippen LogP contribution >= 0.6 is 0 Å². The van der Waals surface area contributed by atoms with Crippen molar-refractivity contribution in [2.75, 3.05) is 21.1 Å². The van der Waals surface area contributed by atoms with Crippen molar-refractivity contribution < 1.29 is 4.48 Å². The molecule has 0 amide bonds. The van der Waals surface area contributed by atoms with E-state index in [9.17, 15) is 0 Å². The summed E-state index contributed by atoms with van der Waals surface area (Å²) in [5.41, 5.74) is 3.06. The van der Waals surface area contributed by atoms with E-state index in [1.54, 1.807) is 5.56 Å². The minimum Gasteiger partial charge on any atom is -0.327 e. The number of aryl methyl sites for hydroxylation is 1. The summed E-state index contributed by atoms with van der Waals surface area (Å²) in [6.45, 7) is 3.39. The molecule has 0 heterocycles. The van der Waals surface area contributed by atoms with Crippen LogP contribution in [0.1, 0.15) is 37.3 Å². The Bertz CT molecular complexity index is 309. The van der Waals surface area contributed by atoms with Crippen molar-refractivity contribution in [3.63, 3.8) is 0 Å². The lowest BCUT2D eigenvalue weighted by atomic mass is 10.0. The van der Waals surface area contributed by atoms with E-state index in [1.165, 1.54) is 31.2 Å². The van der Waals surface area contributed by atoms with Gasteiger partial charge < -0.3 is 4.48 Å². The van der Waals surface area contributed by atoms with E-state index in [0.29, 0.717) is 0 Å². The summed E-state index contributed by atoms with van der Waals surface area (Å²) in [6, 6.07) is 8.90. The van der Waals surface area contributed by atoms with Gasteiger partial charge in [0.15, 0.2) is 0 Å². The van der Waals surface area contributed by atoms with Crippen molar-refractivity contribution in [2.24, 2.45) is 0 Å². The highest BCUT2D eigenvalue weighted by Crippen LogP contribution is 2.16. The minimum atomic E-state index is 1.00.